The topological polar surface area (TPSA) is 81.4 Å². The molecule has 0 fully saturated rings. The Hall–Kier alpha value is -2.54. The number of nitrogens with two attached hydrogens (primary N) is 1. The number of ether oxygens (including phenoxy) is 1. The lowest BCUT2D eigenvalue weighted by molar-refractivity contribution is -0.119. The molecule has 5 nitrogen and oxygen atoms in total. The first-order valence-electron chi connectivity index (χ1n) is 7.67. The summed E-state index contributed by atoms with van der Waals surface area (Å²) in [6.07, 6.45) is 0. The second kappa shape index (κ2) is 9.68. The number of primary amides is 1. The molecule has 0 aromatic heterocycles. The highest BCUT2D eigenvalue weighted by Crippen LogP contribution is 2.15. The van der Waals surface area contributed by atoms with E-state index < -0.39 is 5.91 Å². The van der Waals surface area contributed by atoms with Crippen LogP contribution >= 0.6 is 11.8 Å². The van der Waals surface area contributed by atoms with Gasteiger partial charge >= 0.3 is 0 Å². The van der Waals surface area contributed by atoms with E-state index in [0.717, 1.165) is 0 Å². The van der Waals surface area contributed by atoms with E-state index in [9.17, 15) is 14.0 Å². The second-order valence-electron chi connectivity index (χ2n) is 5.18. The molecule has 0 radical (unpaired) electrons. The van der Waals surface area contributed by atoms with Gasteiger partial charge in [-0.25, -0.2) is 4.39 Å². The highest BCUT2D eigenvalue weighted by molar-refractivity contribution is 7.98. The van der Waals surface area contributed by atoms with Crippen molar-refractivity contribution in [3.05, 3.63) is 65.5 Å². The minimum atomic E-state index is -0.582. The SMILES string of the molecule is NC(=O)COc1cccc(C(=O)NCCSCc2ccccc2F)c1. The van der Waals surface area contributed by atoms with Crippen molar-refractivity contribution in [2.45, 2.75) is 5.75 Å². The molecule has 7 heteroatoms. The number of rotatable bonds is 9. The van der Waals surface area contributed by atoms with Crippen LogP contribution in [0.1, 0.15) is 15.9 Å². The lowest BCUT2D eigenvalue weighted by Crippen LogP contribution is -2.26. The molecule has 2 rings (SSSR count). The predicted octanol–water partition coefficient (Wildman–Crippen LogP) is 2.35. The maximum atomic E-state index is 13.5. The first-order valence-corrected chi connectivity index (χ1v) is 8.82. The fraction of sp³-hybridized carbons (Fsp3) is 0.222. The van der Waals surface area contributed by atoms with Crippen LogP contribution in [-0.2, 0) is 10.5 Å². The number of hydrogen-bond donors (Lipinski definition) is 2. The Balaban J connectivity index is 1.74. The molecule has 2 aromatic carbocycles. The Bertz CT molecular complexity index is 740. The van der Waals surface area contributed by atoms with E-state index in [4.69, 9.17) is 10.5 Å². The zero-order valence-electron chi connectivity index (χ0n) is 13.5. The first kappa shape index (κ1) is 18.8. The third kappa shape index (κ3) is 6.46. The molecule has 0 unspecified atom stereocenters. The van der Waals surface area contributed by atoms with E-state index in [1.807, 2.05) is 0 Å². The van der Waals surface area contributed by atoms with Crippen LogP contribution in [0.5, 0.6) is 5.75 Å². The smallest absolute Gasteiger partial charge is 0.255 e. The number of amides is 2. The van der Waals surface area contributed by atoms with Gasteiger partial charge in [0.2, 0.25) is 0 Å². The summed E-state index contributed by atoms with van der Waals surface area (Å²) in [7, 11) is 0. The molecule has 0 saturated carbocycles. The van der Waals surface area contributed by atoms with E-state index in [-0.39, 0.29) is 18.3 Å². The molecule has 132 valence electrons. The Labute approximate surface area is 149 Å². The Morgan fingerprint density at radius 2 is 1.96 bits per heavy atom. The van der Waals surface area contributed by atoms with E-state index in [1.165, 1.54) is 6.07 Å². The lowest BCUT2D eigenvalue weighted by atomic mass is 10.2. The number of carbonyl (C=O) groups excluding carboxylic acids is 2. The molecule has 2 aromatic rings. The summed E-state index contributed by atoms with van der Waals surface area (Å²) < 4.78 is 18.6. The molecule has 0 spiro atoms. The summed E-state index contributed by atoms with van der Waals surface area (Å²) in [6, 6.07) is 13.1. The molecule has 0 aliphatic carbocycles. The summed E-state index contributed by atoms with van der Waals surface area (Å²) >= 11 is 1.54. The van der Waals surface area contributed by atoms with Crippen LogP contribution in [0.4, 0.5) is 4.39 Å². The fourth-order valence-corrected chi connectivity index (χ4v) is 2.86. The van der Waals surface area contributed by atoms with Crippen molar-refractivity contribution in [2.24, 2.45) is 5.73 Å². The van der Waals surface area contributed by atoms with Gasteiger partial charge in [-0.15, -0.1) is 0 Å². The van der Waals surface area contributed by atoms with Crippen LogP contribution in [0.2, 0.25) is 0 Å². The molecular formula is C18H19FN2O3S. The molecule has 0 atom stereocenters. The zero-order chi connectivity index (χ0) is 18.1. The van der Waals surface area contributed by atoms with Gasteiger partial charge in [0, 0.05) is 23.6 Å². The molecule has 2 amide bonds. The first-order chi connectivity index (χ1) is 12.1. The maximum Gasteiger partial charge on any atom is 0.255 e. The third-order valence-corrected chi connectivity index (χ3v) is 4.23. The largest absolute Gasteiger partial charge is 0.484 e. The van der Waals surface area contributed by atoms with Gasteiger partial charge in [-0.2, -0.15) is 11.8 Å². The van der Waals surface area contributed by atoms with Crippen LogP contribution in [0, 0.1) is 5.82 Å². The van der Waals surface area contributed by atoms with Gasteiger partial charge in [0.05, 0.1) is 0 Å². The van der Waals surface area contributed by atoms with E-state index in [0.29, 0.717) is 34.9 Å². The highest BCUT2D eigenvalue weighted by Gasteiger charge is 2.07. The molecule has 0 bridgehead atoms. The number of halogens is 1. The predicted molar refractivity (Wildman–Crippen MR) is 96.0 cm³/mol. The minimum absolute atomic E-state index is 0.216. The monoisotopic (exact) mass is 362 g/mol. The van der Waals surface area contributed by atoms with Crippen LogP contribution < -0.4 is 15.8 Å². The number of carbonyl (C=O) groups is 2. The Morgan fingerprint density at radius 1 is 1.16 bits per heavy atom. The summed E-state index contributed by atoms with van der Waals surface area (Å²) in [5.41, 5.74) is 6.10. The van der Waals surface area contributed by atoms with Crippen LogP contribution in [-0.4, -0.2) is 30.7 Å². The summed E-state index contributed by atoms with van der Waals surface area (Å²) in [4.78, 5) is 22.8. The second-order valence-corrected chi connectivity index (χ2v) is 6.29. The molecule has 0 aliphatic rings. The van der Waals surface area contributed by atoms with Crippen molar-refractivity contribution in [1.82, 2.24) is 5.32 Å². The van der Waals surface area contributed by atoms with Gasteiger partial charge in [-0.05, 0) is 29.8 Å². The molecule has 0 saturated heterocycles. The van der Waals surface area contributed by atoms with Crippen molar-refractivity contribution in [1.29, 1.82) is 0 Å². The van der Waals surface area contributed by atoms with Gasteiger partial charge in [0.15, 0.2) is 6.61 Å². The number of benzene rings is 2. The van der Waals surface area contributed by atoms with Gasteiger partial charge in [0.25, 0.3) is 11.8 Å². The minimum Gasteiger partial charge on any atom is -0.484 e. The Kier molecular flexibility index (Phi) is 7.28. The van der Waals surface area contributed by atoms with Crippen molar-refractivity contribution >= 4 is 23.6 Å². The standard InChI is InChI=1S/C18H19FN2O3S/c19-16-7-2-1-4-14(16)12-25-9-8-21-18(23)13-5-3-6-15(10-13)24-11-17(20)22/h1-7,10H,8-9,11-12H2,(H2,20,22)(H,21,23). The number of hydrogen-bond acceptors (Lipinski definition) is 4. The van der Waals surface area contributed by atoms with E-state index >= 15 is 0 Å². The van der Waals surface area contributed by atoms with Gasteiger partial charge in [-0.3, -0.25) is 9.59 Å². The van der Waals surface area contributed by atoms with Crippen LogP contribution in [0.15, 0.2) is 48.5 Å². The quantitative estimate of drug-likeness (QED) is 0.671. The van der Waals surface area contributed by atoms with Crippen molar-refractivity contribution in [3.63, 3.8) is 0 Å². The highest BCUT2D eigenvalue weighted by atomic mass is 32.2. The normalized spacial score (nSPS) is 10.3. The third-order valence-electron chi connectivity index (χ3n) is 3.22. The lowest BCUT2D eigenvalue weighted by Gasteiger charge is -2.08. The average molecular weight is 362 g/mol. The average Bonchev–Trinajstić information content (AvgIpc) is 2.61. The van der Waals surface area contributed by atoms with Crippen molar-refractivity contribution in [3.8, 4) is 5.75 Å². The molecular weight excluding hydrogens is 343 g/mol. The van der Waals surface area contributed by atoms with Gasteiger partial charge in [0.1, 0.15) is 11.6 Å². The Morgan fingerprint density at radius 3 is 2.72 bits per heavy atom. The van der Waals surface area contributed by atoms with Crippen molar-refractivity contribution in [2.75, 3.05) is 18.9 Å². The number of thioether (sulfide) groups is 1. The summed E-state index contributed by atoms with van der Waals surface area (Å²) in [5, 5.41) is 2.79. The molecule has 0 heterocycles. The number of nitrogens with one attached hydrogen (secondary N) is 1. The van der Waals surface area contributed by atoms with E-state index in [1.54, 1.807) is 54.2 Å². The van der Waals surface area contributed by atoms with Gasteiger partial charge < -0.3 is 15.8 Å². The molecule has 3 N–H and O–H groups in total. The molecule has 25 heavy (non-hydrogen) atoms. The van der Waals surface area contributed by atoms with Gasteiger partial charge in [-0.1, -0.05) is 24.3 Å². The summed E-state index contributed by atoms with van der Waals surface area (Å²) in [6.45, 7) is 0.224. The fourth-order valence-electron chi connectivity index (χ4n) is 2.02. The zero-order valence-corrected chi connectivity index (χ0v) is 14.4. The van der Waals surface area contributed by atoms with Crippen LogP contribution in [0.25, 0.3) is 0 Å². The molecule has 0 aliphatic heterocycles. The van der Waals surface area contributed by atoms with Crippen LogP contribution in [0.3, 0.4) is 0 Å². The summed E-state index contributed by atoms with van der Waals surface area (Å²) in [5.74, 6) is 0.585. The van der Waals surface area contributed by atoms with Crippen molar-refractivity contribution < 1.29 is 18.7 Å². The maximum absolute atomic E-state index is 13.5. The van der Waals surface area contributed by atoms with E-state index in [2.05, 4.69) is 5.32 Å².